The molecule has 0 radical (unpaired) electrons. The maximum atomic E-state index is 13.2. The van der Waals surface area contributed by atoms with Crippen LogP contribution in [0.2, 0.25) is 0 Å². The molecule has 0 aromatic heterocycles. The molecule has 1 fully saturated rings. The number of benzene rings is 1. The molecule has 16 heavy (non-hydrogen) atoms. The summed E-state index contributed by atoms with van der Waals surface area (Å²) in [6, 6.07) is 9.78. The third-order valence-electron chi connectivity index (χ3n) is 3.33. The Morgan fingerprint density at radius 2 is 1.94 bits per heavy atom. The molecule has 0 N–H and O–H groups in total. The minimum absolute atomic E-state index is 0.374. The van der Waals surface area contributed by atoms with Crippen LogP contribution < -0.4 is 5.30 Å². The fourth-order valence-corrected chi connectivity index (χ4v) is 5.44. The predicted molar refractivity (Wildman–Crippen MR) is 67.7 cm³/mol. The van der Waals surface area contributed by atoms with E-state index in [0.717, 1.165) is 11.5 Å². The Morgan fingerprint density at radius 1 is 1.31 bits per heavy atom. The lowest BCUT2D eigenvalue weighted by Gasteiger charge is -2.41. The van der Waals surface area contributed by atoms with Crippen LogP contribution in [0.5, 0.6) is 0 Å². The van der Waals surface area contributed by atoms with Gasteiger partial charge in [-0.2, -0.15) is 0 Å². The van der Waals surface area contributed by atoms with Gasteiger partial charge in [-0.05, 0) is 19.8 Å². The SMILES string of the molecule is C[C@H]1COC(C)(C)[P@](=O)(c2ccccc2)C1. The molecule has 0 unspecified atom stereocenters. The van der Waals surface area contributed by atoms with E-state index in [1.165, 1.54) is 0 Å². The van der Waals surface area contributed by atoms with Crippen LogP contribution in [0, 0.1) is 5.92 Å². The first-order valence-corrected chi connectivity index (χ1v) is 7.64. The van der Waals surface area contributed by atoms with Crippen LogP contribution in [0.3, 0.4) is 0 Å². The van der Waals surface area contributed by atoms with Crippen molar-refractivity contribution in [3.8, 4) is 0 Å². The Kier molecular flexibility index (Phi) is 2.98. The van der Waals surface area contributed by atoms with Crippen molar-refractivity contribution in [1.29, 1.82) is 0 Å². The Balaban J connectivity index is 2.46. The normalized spacial score (nSPS) is 33.6. The highest BCUT2D eigenvalue weighted by molar-refractivity contribution is 7.72. The van der Waals surface area contributed by atoms with E-state index < -0.39 is 12.5 Å². The summed E-state index contributed by atoms with van der Waals surface area (Å²) in [6.07, 6.45) is 0.754. The largest absolute Gasteiger partial charge is 0.367 e. The van der Waals surface area contributed by atoms with Gasteiger partial charge in [0.1, 0.15) is 12.5 Å². The summed E-state index contributed by atoms with van der Waals surface area (Å²) in [5.74, 6) is 0.374. The molecular weight excluding hydrogens is 219 g/mol. The monoisotopic (exact) mass is 238 g/mol. The molecule has 1 aromatic rings. The van der Waals surface area contributed by atoms with E-state index in [9.17, 15) is 4.57 Å². The third kappa shape index (κ3) is 1.85. The van der Waals surface area contributed by atoms with Crippen molar-refractivity contribution < 1.29 is 9.30 Å². The Hall–Kier alpha value is -0.590. The molecule has 1 saturated heterocycles. The maximum absolute atomic E-state index is 13.2. The average Bonchev–Trinajstić information content (AvgIpc) is 2.26. The molecule has 1 aliphatic rings. The Labute approximate surface area is 97.4 Å². The molecule has 0 bridgehead atoms. The van der Waals surface area contributed by atoms with E-state index in [1.807, 2.05) is 44.2 Å². The fourth-order valence-electron chi connectivity index (χ4n) is 2.25. The van der Waals surface area contributed by atoms with Crippen molar-refractivity contribution in [2.24, 2.45) is 5.92 Å². The summed E-state index contributed by atoms with van der Waals surface area (Å²) in [4.78, 5) is 0. The zero-order chi connectivity index (χ0) is 11.8. The van der Waals surface area contributed by atoms with Gasteiger partial charge in [0, 0.05) is 11.5 Å². The summed E-state index contributed by atoms with van der Waals surface area (Å²) < 4.78 is 19.0. The maximum Gasteiger partial charge on any atom is 0.145 e. The lowest BCUT2D eigenvalue weighted by atomic mass is 10.2. The van der Waals surface area contributed by atoms with Crippen LogP contribution in [0.1, 0.15) is 20.8 Å². The van der Waals surface area contributed by atoms with Gasteiger partial charge in [-0.3, -0.25) is 0 Å². The number of hydrogen-bond donors (Lipinski definition) is 0. The molecule has 0 spiro atoms. The number of rotatable bonds is 1. The zero-order valence-corrected chi connectivity index (χ0v) is 11.0. The molecule has 0 aliphatic carbocycles. The standard InChI is InChI=1S/C13H19O2P/c1-11-9-15-13(2,3)16(14,10-11)12-7-5-4-6-8-12/h4-8,11H,9-10H2,1-3H3/t11-,16+/m0/s1. The minimum Gasteiger partial charge on any atom is -0.367 e. The van der Waals surface area contributed by atoms with Crippen LogP contribution >= 0.6 is 7.14 Å². The van der Waals surface area contributed by atoms with Gasteiger partial charge in [-0.25, -0.2) is 0 Å². The predicted octanol–water partition coefficient (Wildman–Crippen LogP) is 3.08. The molecule has 2 atom stereocenters. The van der Waals surface area contributed by atoms with Gasteiger partial charge >= 0.3 is 0 Å². The van der Waals surface area contributed by atoms with E-state index >= 15 is 0 Å². The first kappa shape index (κ1) is 11.9. The molecular formula is C13H19O2P. The summed E-state index contributed by atoms with van der Waals surface area (Å²) in [5.41, 5.74) is 0. The van der Waals surface area contributed by atoms with Gasteiger partial charge in [0.2, 0.25) is 0 Å². The highest BCUT2D eigenvalue weighted by atomic mass is 31.2. The van der Waals surface area contributed by atoms with E-state index in [0.29, 0.717) is 12.5 Å². The van der Waals surface area contributed by atoms with E-state index in [4.69, 9.17) is 4.74 Å². The number of hydrogen-bond acceptors (Lipinski definition) is 2. The smallest absolute Gasteiger partial charge is 0.145 e. The molecule has 0 saturated carbocycles. The van der Waals surface area contributed by atoms with Crippen LogP contribution in [0.4, 0.5) is 0 Å². The molecule has 88 valence electrons. The van der Waals surface area contributed by atoms with Crippen molar-refractivity contribution in [2.75, 3.05) is 12.8 Å². The third-order valence-corrected chi connectivity index (χ3v) is 7.47. The molecule has 1 aliphatic heterocycles. The minimum atomic E-state index is -2.45. The van der Waals surface area contributed by atoms with Gasteiger partial charge in [0.05, 0.1) is 6.61 Å². The lowest BCUT2D eigenvalue weighted by Crippen LogP contribution is -2.39. The highest BCUT2D eigenvalue weighted by Gasteiger charge is 2.46. The average molecular weight is 238 g/mol. The van der Waals surface area contributed by atoms with Gasteiger partial charge < -0.3 is 9.30 Å². The quantitative estimate of drug-likeness (QED) is 0.703. The second-order valence-electron chi connectivity index (χ2n) is 5.12. The van der Waals surface area contributed by atoms with E-state index in [-0.39, 0.29) is 0 Å². The van der Waals surface area contributed by atoms with Gasteiger partial charge in [-0.1, -0.05) is 37.3 Å². The molecule has 1 heterocycles. The summed E-state index contributed by atoms with van der Waals surface area (Å²) in [5, 5.41) is 0.424. The summed E-state index contributed by atoms with van der Waals surface area (Å²) >= 11 is 0. The van der Waals surface area contributed by atoms with E-state index in [1.54, 1.807) is 0 Å². The molecule has 3 heteroatoms. The van der Waals surface area contributed by atoms with Crippen LogP contribution in [0.25, 0.3) is 0 Å². The van der Waals surface area contributed by atoms with Crippen molar-refractivity contribution in [3.63, 3.8) is 0 Å². The van der Waals surface area contributed by atoms with E-state index in [2.05, 4.69) is 6.92 Å². The topological polar surface area (TPSA) is 26.3 Å². The van der Waals surface area contributed by atoms with Gasteiger partial charge in [0.25, 0.3) is 0 Å². The van der Waals surface area contributed by atoms with Crippen molar-refractivity contribution in [2.45, 2.75) is 26.1 Å². The summed E-state index contributed by atoms with van der Waals surface area (Å²) in [6.45, 7) is 6.72. The molecule has 2 rings (SSSR count). The van der Waals surface area contributed by atoms with Crippen LogP contribution in [-0.4, -0.2) is 18.1 Å². The molecule has 2 nitrogen and oxygen atoms in total. The fraction of sp³-hybridized carbons (Fsp3) is 0.538. The number of ether oxygens (including phenoxy) is 1. The second-order valence-corrected chi connectivity index (χ2v) is 8.56. The van der Waals surface area contributed by atoms with Crippen molar-refractivity contribution in [1.82, 2.24) is 0 Å². The zero-order valence-electron chi connectivity index (χ0n) is 10.1. The van der Waals surface area contributed by atoms with Gasteiger partial charge in [-0.15, -0.1) is 0 Å². The van der Waals surface area contributed by atoms with Crippen LogP contribution in [0.15, 0.2) is 30.3 Å². The lowest BCUT2D eigenvalue weighted by molar-refractivity contribution is 0.0147. The first-order valence-electron chi connectivity index (χ1n) is 5.74. The second kappa shape index (κ2) is 4.01. The molecule has 1 aromatic carbocycles. The van der Waals surface area contributed by atoms with Crippen molar-refractivity contribution in [3.05, 3.63) is 30.3 Å². The molecule has 0 amide bonds. The van der Waals surface area contributed by atoms with Gasteiger partial charge in [0.15, 0.2) is 0 Å². The first-order chi connectivity index (χ1) is 7.46. The highest BCUT2D eigenvalue weighted by Crippen LogP contribution is 2.60. The van der Waals surface area contributed by atoms with Crippen molar-refractivity contribution >= 4 is 12.4 Å². The Morgan fingerprint density at radius 3 is 2.56 bits per heavy atom. The Bertz CT molecular complexity index is 411. The van der Waals surface area contributed by atoms with Crippen LogP contribution in [-0.2, 0) is 9.30 Å². The summed E-state index contributed by atoms with van der Waals surface area (Å²) in [7, 11) is -2.45.